The van der Waals surface area contributed by atoms with Gasteiger partial charge in [0.2, 0.25) is 5.91 Å². The van der Waals surface area contributed by atoms with Crippen molar-refractivity contribution in [2.24, 2.45) is 0 Å². The largest absolute Gasteiger partial charge is 0.352 e. The SMILES string of the molecule is CC=CC=CC(=O)NCCCn1nc2ccccn2c1=O. The van der Waals surface area contributed by atoms with Crippen molar-refractivity contribution in [3.8, 4) is 0 Å². The Labute approximate surface area is 122 Å². The summed E-state index contributed by atoms with van der Waals surface area (Å²) in [6.07, 6.45) is 9.12. The average Bonchev–Trinajstić information content (AvgIpc) is 2.81. The zero-order valence-electron chi connectivity index (χ0n) is 11.9. The minimum absolute atomic E-state index is 0.143. The fourth-order valence-corrected chi connectivity index (χ4v) is 1.87. The summed E-state index contributed by atoms with van der Waals surface area (Å²) in [6.45, 7) is 2.85. The molecule has 0 spiro atoms. The molecule has 1 N–H and O–H groups in total. The molecule has 0 saturated heterocycles. The second-order valence-electron chi connectivity index (χ2n) is 4.46. The Hall–Kier alpha value is -2.63. The van der Waals surface area contributed by atoms with Crippen molar-refractivity contribution in [1.29, 1.82) is 0 Å². The van der Waals surface area contributed by atoms with Crippen molar-refractivity contribution in [3.63, 3.8) is 0 Å². The topological polar surface area (TPSA) is 68.4 Å². The van der Waals surface area contributed by atoms with E-state index in [1.165, 1.54) is 15.2 Å². The molecule has 2 heterocycles. The van der Waals surface area contributed by atoms with Gasteiger partial charge < -0.3 is 5.32 Å². The zero-order valence-corrected chi connectivity index (χ0v) is 11.9. The highest BCUT2D eigenvalue weighted by Gasteiger charge is 2.05. The van der Waals surface area contributed by atoms with Crippen molar-refractivity contribution in [1.82, 2.24) is 19.5 Å². The number of fused-ring (bicyclic) bond motifs is 1. The van der Waals surface area contributed by atoms with Gasteiger partial charge in [-0.1, -0.05) is 24.3 Å². The highest BCUT2D eigenvalue weighted by Crippen LogP contribution is 1.95. The lowest BCUT2D eigenvalue weighted by Gasteiger charge is -2.01. The molecule has 110 valence electrons. The van der Waals surface area contributed by atoms with Crippen LogP contribution in [-0.4, -0.2) is 26.6 Å². The molecule has 6 heteroatoms. The summed E-state index contributed by atoms with van der Waals surface area (Å²) in [5.41, 5.74) is 0.464. The molecule has 1 amide bonds. The second-order valence-corrected chi connectivity index (χ2v) is 4.46. The number of rotatable bonds is 6. The number of hydrogen-bond acceptors (Lipinski definition) is 3. The summed E-state index contributed by atoms with van der Waals surface area (Å²) in [7, 11) is 0. The Morgan fingerprint density at radius 3 is 3.00 bits per heavy atom. The van der Waals surface area contributed by atoms with Crippen molar-refractivity contribution in [2.75, 3.05) is 6.54 Å². The third-order valence-electron chi connectivity index (χ3n) is 2.89. The molecular weight excluding hydrogens is 268 g/mol. The number of aryl methyl sites for hydroxylation is 1. The van der Waals surface area contributed by atoms with Crippen LogP contribution < -0.4 is 11.0 Å². The minimum Gasteiger partial charge on any atom is -0.352 e. The van der Waals surface area contributed by atoms with Gasteiger partial charge in [0.05, 0.1) is 0 Å². The first-order valence-corrected chi connectivity index (χ1v) is 6.84. The van der Waals surface area contributed by atoms with Gasteiger partial charge in [0.15, 0.2) is 5.65 Å². The quantitative estimate of drug-likeness (QED) is 0.492. The van der Waals surface area contributed by atoms with Crippen LogP contribution in [0.15, 0.2) is 53.5 Å². The van der Waals surface area contributed by atoms with E-state index in [9.17, 15) is 9.59 Å². The van der Waals surface area contributed by atoms with Gasteiger partial charge in [-0.2, -0.15) is 0 Å². The fraction of sp³-hybridized carbons (Fsp3) is 0.267. The molecule has 0 fully saturated rings. The summed E-state index contributed by atoms with van der Waals surface area (Å²) in [6, 6.07) is 5.41. The summed E-state index contributed by atoms with van der Waals surface area (Å²) in [4.78, 5) is 23.4. The number of hydrogen-bond donors (Lipinski definition) is 1. The molecule has 21 heavy (non-hydrogen) atoms. The average molecular weight is 286 g/mol. The van der Waals surface area contributed by atoms with Gasteiger partial charge in [-0.3, -0.25) is 9.20 Å². The van der Waals surface area contributed by atoms with Crippen LogP contribution in [0.2, 0.25) is 0 Å². The molecule has 0 saturated carbocycles. The van der Waals surface area contributed by atoms with Crippen LogP contribution in [0.25, 0.3) is 5.65 Å². The predicted octanol–water partition coefficient (Wildman–Crippen LogP) is 1.13. The van der Waals surface area contributed by atoms with E-state index in [2.05, 4.69) is 10.4 Å². The molecule has 2 rings (SSSR count). The van der Waals surface area contributed by atoms with E-state index in [-0.39, 0.29) is 11.6 Å². The number of nitrogens with one attached hydrogen (secondary N) is 1. The fourth-order valence-electron chi connectivity index (χ4n) is 1.87. The molecule has 0 aliphatic carbocycles. The summed E-state index contributed by atoms with van der Waals surface area (Å²) in [5.74, 6) is -0.143. The number of allylic oxidation sites excluding steroid dienone is 3. The summed E-state index contributed by atoms with van der Waals surface area (Å²) < 4.78 is 2.91. The monoisotopic (exact) mass is 286 g/mol. The maximum Gasteiger partial charge on any atom is 0.350 e. The van der Waals surface area contributed by atoms with Crippen LogP contribution in [0.1, 0.15) is 13.3 Å². The Kier molecular flexibility index (Phi) is 5.09. The van der Waals surface area contributed by atoms with Crippen LogP contribution in [-0.2, 0) is 11.3 Å². The van der Waals surface area contributed by atoms with Gasteiger partial charge in [0, 0.05) is 25.4 Å². The molecule has 0 aliphatic rings. The van der Waals surface area contributed by atoms with Gasteiger partial charge in [0.25, 0.3) is 0 Å². The number of aromatic nitrogens is 3. The number of amides is 1. The molecule has 0 unspecified atom stereocenters. The molecule has 0 aliphatic heterocycles. The lowest BCUT2D eigenvalue weighted by molar-refractivity contribution is -0.116. The Balaban J connectivity index is 1.84. The van der Waals surface area contributed by atoms with E-state index >= 15 is 0 Å². The first kappa shape index (κ1) is 14.8. The van der Waals surface area contributed by atoms with Crippen molar-refractivity contribution < 1.29 is 4.79 Å². The third kappa shape index (κ3) is 3.92. The van der Waals surface area contributed by atoms with E-state index in [1.807, 2.05) is 19.1 Å². The molecule has 6 nitrogen and oxygen atoms in total. The number of carbonyl (C=O) groups is 1. The maximum absolute atomic E-state index is 12.0. The van der Waals surface area contributed by atoms with Crippen molar-refractivity contribution >= 4 is 11.6 Å². The van der Waals surface area contributed by atoms with E-state index < -0.39 is 0 Å². The minimum atomic E-state index is -0.162. The number of carbonyl (C=O) groups excluding carboxylic acids is 1. The van der Waals surface area contributed by atoms with Crippen LogP contribution in [0.4, 0.5) is 0 Å². The lowest BCUT2D eigenvalue weighted by Crippen LogP contribution is -2.26. The van der Waals surface area contributed by atoms with Crippen molar-refractivity contribution in [2.45, 2.75) is 19.9 Å². The van der Waals surface area contributed by atoms with Crippen LogP contribution in [0.5, 0.6) is 0 Å². The van der Waals surface area contributed by atoms with Gasteiger partial charge in [-0.25, -0.2) is 9.48 Å². The molecule has 2 aromatic heterocycles. The smallest absolute Gasteiger partial charge is 0.350 e. The van der Waals surface area contributed by atoms with Crippen LogP contribution in [0, 0.1) is 0 Å². The normalized spacial score (nSPS) is 11.7. The first-order valence-electron chi connectivity index (χ1n) is 6.84. The maximum atomic E-state index is 12.0. The molecule has 0 bridgehead atoms. The van der Waals surface area contributed by atoms with Gasteiger partial charge >= 0.3 is 5.69 Å². The Bertz CT molecular complexity index is 725. The Morgan fingerprint density at radius 1 is 1.38 bits per heavy atom. The van der Waals surface area contributed by atoms with Crippen LogP contribution in [0.3, 0.4) is 0 Å². The molecule has 0 atom stereocenters. The second kappa shape index (κ2) is 7.23. The summed E-state index contributed by atoms with van der Waals surface area (Å²) >= 11 is 0. The first-order chi connectivity index (χ1) is 10.2. The van der Waals surface area contributed by atoms with Crippen LogP contribution >= 0.6 is 0 Å². The van der Waals surface area contributed by atoms with E-state index in [0.717, 1.165) is 0 Å². The van der Waals surface area contributed by atoms with E-state index in [0.29, 0.717) is 25.2 Å². The molecule has 0 aromatic carbocycles. The summed E-state index contributed by atoms with van der Waals surface area (Å²) in [5, 5.41) is 6.98. The third-order valence-corrected chi connectivity index (χ3v) is 2.89. The van der Waals surface area contributed by atoms with Gasteiger partial charge in [0.1, 0.15) is 0 Å². The number of pyridine rings is 1. The van der Waals surface area contributed by atoms with Crippen molar-refractivity contribution in [3.05, 3.63) is 59.2 Å². The Morgan fingerprint density at radius 2 is 2.24 bits per heavy atom. The standard InChI is InChI=1S/C15H18N4O2/c1-2-3-4-9-14(20)16-10-7-12-19-15(21)18-11-6-5-8-13(18)17-19/h2-6,8-9,11H,7,10,12H2,1H3,(H,16,20). The highest BCUT2D eigenvalue weighted by atomic mass is 16.2. The van der Waals surface area contributed by atoms with Gasteiger partial charge in [-0.05, 0) is 25.5 Å². The number of nitrogens with zero attached hydrogens (tertiary/aromatic N) is 3. The van der Waals surface area contributed by atoms with E-state index in [4.69, 9.17) is 0 Å². The van der Waals surface area contributed by atoms with Gasteiger partial charge in [-0.15, -0.1) is 5.10 Å². The highest BCUT2D eigenvalue weighted by molar-refractivity contribution is 5.87. The zero-order chi connectivity index (χ0) is 15.1. The van der Waals surface area contributed by atoms with E-state index in [1.54, 1.807) is 30.5 Å². The molecular formula is C15H18N4O2. The predicted molar refractivity (Wildman–Crippen MR) is 81.0 cm³/mol. The lowest BCUT2D eigenvalue weighted by atomic mass is 10.4. The molecule has 2 aromatic rings. The molecule has 0 radical (unpaired) electrons.